The van der Waals surface area contributed by atoms with Crippen molar-refractivity contribution in [2.45, 2.75) is 17.9 Å². The van der Waals surface area contributed by atoms with Crippen molar-refractivity contribution in [3.8, 4) is 5.75 Å². The summed E-state index contributed by atoms with van der Waals surface area (Å²) >= 11 is 1.47. The maximum Gasteiger partial charge on any atom is 0.337 e. The minimum Gasteiger partial charge on any atom is -0.508 e. The SMILES string of the molecule is C[C@H](SCc1ccccc1)C(=O)Nc1ccc(O)cc1C(=O)O. The summed E-state index contributed by atoms with van der Waals surface area (Å²) < 4.78 is 0. The Morgan fingerprint density at radius 3 is 2.52 bits per heavy atom. The molecule has 2 aromatic rings. The van der Waals surface area contributed by atoms with Gasteiger partial charge in [0.15, 0.2) is 0 Å². The second-order valence-corrected chi connectivity index (χ2v) is 6.29. The summed E-state index contributed by atoms with van der Waals surface area (Å²) in [6.45, 7) is 1.77. The van der Waals surface area contributed by atoms with E-state index in [0.717, 1.165) is 11.6 Å². The molecule has 0 bridgehead atoms. The maximum atomic E-state index is 12.2. The van der Waals surface area contributed by atoms with Crippen LogP contribution in [0.15, 0.2) is 48.5 Å². The molecule has 2 aromatic carbocycles. The molecule has 0 saturated heterocycles. The fraction of sp³-hybridized carbons (Fsp3) is 0.176. The Labute approximate surface area is 138 Å². The molecule has 0 fully saturated rings. The standard InChI is InChI=1S/C17H17NO4S/c1-11(23-10-12-5-3-2-4-6-12)16(20)18-15-8-7-13(19)9-14(15)17(21)22/h2-9,11,19H,10H2,1H3,(H,18,20)(H,21,22)/t11-/m0/s1. The number of nitrogens with one attached hydrogen (secondary N) is 1. The van der Waals surface area contributed by atoms with E-state index in [2.05, 4.69) is 5.32 Å². The van der Waals surface area contributed by atoms with Crippen molar-refractivity contribution in [3.63, 3.8) is 0 Å². The number of amides is 1. The third-order valence-electron chi connectivity index (χ3n) is 3.20. The molecule has 0 aliphatic rings. The molecule has 3 N–H and O–H groups in total. The third kappa shape index (κ3) is 4.75. The number of thioether (sulfide) groups is 1. The molecule has 6 heteroatoms. The van der Waals surface area contributed by atoms with Crippen LogP contribution in [-0.4, -0.2) is 27.3 Å². The number of aromatic hydroxyl groups is 1. The lowest BCUT2D eigenvalue weighted by atomic mass is 10.1. The van der Waals surface area contributed by atoms with Gasteiger partial charge in [-0.3, -0.25) is 4.79 Å². The zero-order valence-corrected chi connectivity index (χ0v) is 13.3. The molecule has 0 saturated carbocycles. The van der Waals surface area contributed by atoms with Gasteiger partial charge in [-0.25, -0.2) is 4.79 Å². The highest BCUT2D eigenvalue weighted by molar-refractivity contribution is 7.99. The molecule has 0 spiro atoms. The van der Waals surface area contributed by atoms with Crippen molar-refractivity contribution in [1.29, 1.82) is 0 Å². The van der Waals surface area contributed by atoms with Gasteiger partial charge in [0.2, 0.25) is 5.91 Å². The molecule has 23 heavy (non-hydrogen) atoms. The maximum absolute atomic E-state index is 12.2. The Balaban J connectivity index is 2.00. The van der Waals surface area contributed by atoms with Crippen LogP contribution < -0.4 is 5.32 Å². The Hall–Kier alpha value is -2.47. The van der Waals surface area contributed by atoms with Crippen LogP contribution in [0.25, 0.3) is 0 Å². The monoisotopic (exact) mass is 331 g/mol. The van der Waals surface area contributed by atoms with Gasteiger partial charge in [-0.1, -0.05) is 30.3 Å². The summed E-state index contributed by atoms with van der Waals surface area (Å²) in [4.78, 5) is 23.4. The zero-order valence-electron chi connectivity index (χ0n) is 12.5. The molecule has 2 rings (SSSR count). The predicted octanol–water partition coefficient (Wildman–Crippen LogP) is 3.35. The fourth-order valence-corrected chi connectivity index (χ4v) is 2.77. The summed E-state index contributed by atoms with van der Waals surface area (Å²) in [5, 5.41) is 20.7. The minimum atomic E-state index is -1.21. The fourth-order valence-electron chi connectivity index (χ4n) is 1.92. The number of rotatable bonds is 6. The van der Waals surface area contributed by atoms with Gasteiger partial charge in [0.05, 0.1) is 16.5 Å². The number of phenols is 1. The van der Waals surface area contributed by atoms with Crippen LogP contribution in [-0.2, 0) is 10.5 Å². The second-order valence-electron chi connectivity index (χ2n) is 4.96. The van der Waals surface area contributed by atoms with Crippen molar-refractivity contribution in [2.24, 2.45) is 0 Å². The van der Waals surface area contributed by atoms with E-state index in [-0.39, 0.29) is 28.2 Å². The summed E-state index contributed by atoms with van der Waals surface area (Å²) in [5.74, 6) is -0.955. The topological polar surface area (TPSA) is 86.6 Å². The minimum absolute atomic E-state index is 0.140. The molecule has 0 aliphatic carbocycles. The molecule has 0 aliphatic heterocycles. The van der Waals surface area contributed by atoms with E-state index in [1.807, 2.05) is 30.3 Å². The average Bonchev–Trinajstić information content (AvgIpc) is 2.55. The molecule has 0 heterocycles. The quantitative estimate of drug-likeness (QED) is 0.707. The van der Waals surface area contributed by atoms with E-state index in [9.17, 15) is 14.7 Å². The van der Waals surface area contributed by atoms with Crippen LogP contribution in [0, 0.1) is 0 Å². The van der Waals surface area contributed by atoms with Gasteiger partial charge < -0.3 is 15.5 Å². The number of hydrogen-bond donors (Lipinski definition) is 3. The number of benzene rings is 2. The van der Waals surface area contributed by atoms with E-state index >= 15 is 0 Å². The van der Waals surface area contributed by atoms with Crippen LogP contribution in [0.1, 0.15) is 22.8 Å². The molecular formula is C17H17NO4S. The Kier molecular flexibility index (Phi) is 5.65. The number of carbonyl (C=O) groups excluding carboxylic acids is 1. The number of carboxylic acid groups (broad SMARTS) is 1. The number of carboxylic acids is 1. The van der Waals surface area contributed by atoms with Gasteiger partial charge in [0.1, 0.15) is 5.75 Å². The van der Waals surface area contributed by atoms with Gasteiger partial charge in [-0.15, -0.1) is 11.8 Å². The lowest BCUT2D eigenvalue weighted by molar-refractivity contribution is -0.115. The van der Waals surface area contributed by atoms with Crippen molar-refractivity contribution < 1.29 is 19.8 Å². The Bertz CT molecular complexity index is 703. The van der Waals surface area contributed by atoms with Gasteiger partial charge in [0, 0.05) is 5.75 Å². The molecular weight excluding hydrogens is 314 g/mol. The van der Waals surface area contributed by atoms with Crippen LogP contribution in [0.3, 0.4) is 0 Å². The van der Waals surface area contributed by atoms with Crippen LogP contribution in [0.5, 0.6) is 5.75 Å². The van der Waals surface area contributed by atoms with Gasteiger partial charge in [-0.05, 0) is 30.7 Å². The van der Waals surface area contributed by atoms with E-state index in [1.54, 1.807) is 6.92 Å². The summed E-state index contributed by atoms with van der Waals surface area (Å²) in [6, 6.07) is 13.6. The lowest BCUT2D eigenvalue weighted by Crippen LogP contribution is -2.23. The van der Waals surface area contributed by atoms with E-state index in [0.29, 0.717) is 5.75 Å². The summed E-state index contributed by atoms with van der Waals surface area (Å²) in [7, 11) is 0. The largest absolute Gasteiger partial charge is 0.508 e. The highest BCUT2D eigenvalue weighted by Crippen LogP contribution is 2.23. The van der Waals surface area contributed by atoms with Gasteiger partial charge in [0.25, 0.3) is 0 Å². The number of carbonyl (C=O) groups is 2. The van der Waals surface area contributed by atoms with E-state index < -0.39 is 5.97 Å². The van der Waals surface area contributed by atoms with Crippen LogP contribution in [0.4, 0.5) is 5.69 Å². The highest BCUT2D eigenvalue weighted by atomic mass is 32.2. The first kappa shape index (κ1) is 16.9. The normalized spacial score (nSPS) is 11.7. The first-order valence-corrected chi connectivity index (χ1v) is 8.05. The molecule has 5 nitrogen and oxygen atoms in total. The first-order chi connectivity index (χ1) is 11.0. The number of anilines is 1. The smallest absolute Gasteiger partial charge is 0.337 e. The van der Waals surface area contributed by atoms with Gasteiger partial charge in [-0.2, -0.15) is 0 Å². The molecule has 120 valence electrons. The Morgan fingerprint density at radius 1 is 1.17 bits per heavy atom. The lowest BCUT2D eigenvalue weighted by Gasteiger charge is -2.13. The van der Waals surface area contributed by atoms with E-state index in [4.69, 9.17) is 5.11 Å². The number of hydrogen-bond acceptors (Lipinski definition) is 4. The highest BCUT2D eigenvalue weighted by Gasteiger charge is 2.18. The zero-order chi connectivity index (χ0) is 16.8. The van der Waals surface area contributed by atoms with Crippen molar-refractivity contribution >= 4 is 29.3 Å². The number of phenolic OH excluding ortho intramolecular Hbond substituents is 1. The summed E-state index contributed by atoms with van der Waals surface area (Å²) in [6.07, 6.45) is 0. The van der Waals surface area contributed by atoms with E-state index in [1.165, 1.54) is 23.9 Å². The van der Waals surface area contributed by atoms with Gasteiger partial charge >= 0.3 is 5.97 Å². The number of aromatic carboxylic acids is 1. The molecule has 0 unspecified atom stereocenters. The molecule has 0 aromatic heterocycles. The predicted molar refractivity (Wildman–Crippen MR) is 90.9 cm³/mol. The Morgan fingerprint density at radius 2 is 1.87 bits per heavy atom. The molecule has 1 atom stereocenters. The van der Waals surface area contributed by atoms with Crippen molar-refractivity contribution in [2.75, 3.05) is 5.32 Å². The summed E-state index contributed by atoms with van der Waals surface area (Å²) in [5.41, 5.74) is 1.15. The second kappa shape index (κ2) is 7.69. The van der Waals surface area contributed by atoms with Crippen molar-refractivity contribution in [3.05, 3.63) is 59.7 Å². The van der Waals surface area contributed by atoms with Crippen molar-refractivity contribution in [1.82, 2.24) is 0 Å². The van der Waals surface area contributed by atoms with Crippen LogP contribution in [0.2, 0.25) is 0 Å². The molecule has 0 radical (unpaired) electrons. The van der Waals surface area contributed by atoms with Crippen LogP contribution >= 0.6 is 11.8 Å². The average molecular weight is 331 g/mol. The molecule has 1 amide bonds. The first-order valence-electron chi connectivity index (χ1n) is 7.00. The third-order valence-corrected chi connectivity index (χ3v) is 4.42.